The van der Waals surface area contributed by atoms with Gasteiger partial charge in [0.25, 0.3) is 0 Å². The lowest BCUT2D eigenvalue weighted by molar-refractivity contribution is 0.447. The molecule has 0 aromatic carbocycles. The van der Waals surface area contributed by atoms with Crippen molar-refractivity contribution in [3.8, 4) is 0 Å². The van der Waals surface area contributed by atoms with Gasteiger partial charge in [0.1, 0.15) is 11.5 Å². The zero-order valence-electron chi connectivity index (χ0n) is 10.6. The van der Waals surface area contributed by atoms with Gasteiger partial charge in [-0.1, -0.05) is 13.8 Å². The first-order valence-electron chi connectivity index (χ1n) is 6.35. The Balaban J connectivity index is 1.69. The van der Waals surface area contributed by atoms with Crippen molar-refractivity contribution < 1.29 is 8.63 Å². The summed E-state index contributed by atoms with van der Waals surface area (Å²) in [5.41, 5.74) is 0. The van der Waals surface area contributed by atoms with E-state index >= 15 is 0 Å². The highest BCUT2D eigenvalue weighted by Gasteiger charge is 2.36. The molecule has 1 aromatic heterocycles. The van der Waals surface area contributed by atoms with E-state index < -0.39 is 10.8 Å². The molecule has 1 aliphatic rings. The van der Waals surface area contributed by atoms with Crippen LogP contribution in [0.4, 0.5) is 0 Å². The Morgan fingerprint density at radius 2 is 2.29 bits per heavy atom. The van der Waals surface area contributed by atoms with Gasteiger partial charge >= 0.3 is 0 Å². The molecule has 3 nitrogen and oxygen atoms in total. The van der Waals surface area contributed by atoms with E-state index in [-0.39, 0.29) is 0 Å². The first kappa shape index (κ1) is 12.8. The minimum absolute atomic E-state index is 0.649. The lowest BCUT2D eigenvalue weighted by atomic mass is 10.3. The van der Waals surface area contributed by atoms with E-state index in [4.69, 9.17) is 4.42 Å². The predicted molar refractivity (Wildman–Crippen MR) is 70.5 cm³/mol. The molecular weight excluding hydrogens is 234 g/mol. The van der Waals surface area contributed by atoms with Gasteiger partial charge in [0.2, 0.25) is 0 Å². The lowest BCUT2D eigenvalue weighted by Gasteiger charge is -2.01. The van der Waals surface area contributed by atoms with E-state index in [1.807, 2.05) is 13.0 Å². The molecule has 2 rings (SSSR count). The molecule has 1 fully saturated rings. The average Bonchev–Trinajstić information content (AvgIpc) is 2.89. The first-order valence-corrected chi connectivity index (χ1v) is 7.83. The normalized spacial score (nSPS) is 24.8. The Labute approximate surface area is 105 Å². The van der Waals surface area contributed by atoms with E-state index in [0.717, 1.165) is 42.0 Å². The quantitative estimate of drug-likeness (QED) is 0.760. The highest BCUT2D eigenvalue weighted by Crippen LogP contribution is 2.47. The van der Waals surface area contributed by atoms with Crippen LogP contribution in [0.3, 0.4) is 0 Å². The second-order valence-electron chi connectivity index (χ2n) is 4.73. The van der Waals surface area contributed by atoms with Crippen molar-refractivity contribution in [2.24, 2.45) is 5.92 Å². The van der Waals surface area contributed by atoms with E-state index in [1.54, 1.807) is 0 Å². The Hall–Kier alpha value is -0.610. The Morgan fingerprint density at radius 1 is 1.53 bits per heavy atom. The average molecular weight is 255 g/mol. The summed E-state index contributed by atoms with van der Waals surface area (Å²) in [4.78, 5) is 0. The van der Waals surface area contributed by atoms with Crippen molar-refractivity contribution in [3.05, 3.63) is 23.7 Å². The Kier molecular flexibility index (Phi) is 4.40. The minimum atomic E-state index is -0.675. The monoisotopic (exact) mass is 255 g/mol. The van der Waals surface area contributed by atoms with Gasteiger partial charge < -0.3 is 9.73 Å². The maximum Gasteiger partial charge on any atom is 0.117 e. The predicted octanol–water partition coefficient (Wildman–Crippen LogP) is 2.26. The van der Waals surface area contributed by atoms with Crippen LogP contribution >= 0.6 is 0 Å². The zero-order chi connectivity index (χ0) is 12.3. The largest absolute Gasteiger partial charge is 0.464 e. The third-order valence-corrected chi connectivity index (χ3v) is 4.59. The Bertz CT molecular complexity index is 389. The van der Waals surface area contributed by atoms with Crippen LogP contribution in [0, 0.1) is 5.92 Å². The molecule has 1 saturated carbocycles. The molecule has 1 aliphatic carbocycles. The summed E-state index contributed by atoms with van der Waals surface area (Å²) in [5, 5.41) is 3.26. The second kappa shape index (κ2) is 5.83. The summed E-state index contributed by atoms with van der Waals surface area (Å²) in [6, 6.07) is 4.14. The maximum absolute atomic E-state index is 11.2. The van der Waals surface area contributed by atoms with Crippen molar-refractivity contribution in [3.63, 3.8) is 0 Å². The van der Waals surface area contributed by atoms with E-state index in [9.17, 15) is 4.21 Å². The summed E-state index contributed by atoms with van der Waals surface area (Å²) in [6.07, 6.45) is 1.26. The zero-order valence-corrected chi connectivity index (χ0v) is 11.4. The molecule has 0 spiro atoms. The standard InChI is InChI=1S/C13H21NO2S/c1-3-17(15)7-6-14-9-11-4-5-13(16-11)12-8-10(12)2/h4-5,10,12,14H,3,6-9H2,1-2H3. The molecule has 0 bridgehead atoms. The van der Waals surface area contributed by atoms with Crippen LogP contribution in [0.15, 0.2) is 16.5 Å². The number of nitrogens with one attached hydrogen (secondary N) is 1. The molecule has 17 heavy (non-hydrogen) atoms. The van der Waals surface area contributed by atoms with Gasteiger partial charge in [0.05, 0.1) is 6.54 Å². The number of rotatable bonds is 7. The number of hydrogen-bond acceptors (Lipinski definition) is 3. The third kappa shape index (κ3) is 3.68. The van der Waals surface area contributed by atoms with Crippen molar-refractivity contribution in [1.82, 2.24) is 5.32 Å². The van der Waals surface area contributed by atoms with Gasteiger partial charge in [-0.3, -0.25) is 4.21 Å². The minimum Gasteiger partial charge on any atom is -0.464 e. The van der Waals surface area contributed by atoms with E-state index in [1.165, 1.54) is 6.42 Å². The number of hydrogen-bond donors (Lipinski definition) is 1. The molecule has 3 atom stereocenters. The molecule has 1 N–H and O–H groups in total. The summed E-state index contributed by atoms with van der Waals surface area (Å²) in [7, 11) is -0.675. The van der Waals surface area contributed by atoms with Crippen molar-refractivity contribution in [1.29, 1.82) is 0 Å². The Morgan fingerprint density at radius 3 is 2.94 bits per heavy atom. The highest BCUT2D eigenvalue weighted by atomic mass is 32.2. The van der Waals surface area contributed by atoms with Crippen LogP contribution < -0.4 is 5.32 Å². The smallest absolute Gasteiger partial charge is 0.117 e. The molecule has 0 radical (unpaired) electrons. The van der Waals surface area contributed by atoms with Crippen molar-refractivity contribution >= 4 is 10.8 Å². The number of furan rings is 1. The van der Waals surface area contributed by atoms with E-state index in [0.29, 0.717) is 5.92 Å². The topological polar surface area (TPSA) is 42.2 Å². The molecule has 1 heterocycles. The molecule has 0 saturated heterocycles. The molecule has 1 aromatic rings. The molecule has 96 valence electrons. The van der Waals surface area contributed by atoms with Gasteiger partial charge in [-0.25, -0.2) is 0 Å². The van der Waals surface area contributed by atoms with Gasteiger partial charge in [-0.15, -0.1) is 0 Å². The van der Waals surface area contributed by atoms with Crippen LogP contribution in [-0.4, -0.2) is 22.3 Å². The fourth-order valence-corrected chi connectivity index (χ4v) is 2.61. The second-order valence-corrected chi connectivity index (χ2v) is 6.60. The van der Waals surface area contributed by atoms with Gasteiger partial charge in [-0.2, -0.15) is 0 Å². The van der Waals surface area contributed by atoms with Crippen LogP contribution in [0.5, 0.6) is 0 Å². The molecule has 4 heteroatoms. The van der Waals surface area contributed by atoms with Crippen LogP contribution in [0.2, 0.25) is 0 Å². The lowest BCUT2D eigenvalue weighted by Crippen LogP contribution is -2.20. The van der Waals surface area contributed by atoms with Gasteiger partial charge in [-0.05, 0) is 24.5 Å². The third-order valence-electron chi connectivity index (χ3n) is 3.29. The maximum atomic E-state index is 11.2. The summed E-state index contributed by atoms with van der Waals surface area (Å²) in [5.74, 6) is 5.02. The fourth-order valence-electron chi connectivity index (χ4n) is 1.95. The van der Waals surface area contributed by atoms with Crippen molar-refractivity contribution in [2.45, 2.75) is 32.7 Å². The van der Waals surface area contributed by atoms with E-state index in [2.05, 4.69) is 18.3 Å². The molecule has 0 amide bonds. The SMILES string of the molecule is CCS(=O)CCNCc1ccc(C2CC2C)o1. The van der Waals surface area contributed by atoms with Crippen LogP contribution in [0.25, 0.3) is 0 Å². The van der Waals surface area contributed by atoms with Gasteiger partial charge in [0.15, 0.2) is 0 Å². The summed E-state index contributed by atoms with van der Waals surface area (Å²) in [6.45, 7) is 5.73. The van der Waals surface area contributed by atoms with Crippen LogP contribution in [-0.2, 0) is 17.3 Å². The van der Waals surface area contributed by atoms with Crippen molar-refractivity contribution in [2.75, 3.05) is 18.1 Å². The fraction of sp³-hybridized carbons (Fsp3) is 0.692. The first-order chi connectivity index (χ1) is 8.20. The summed E-state index contributed by atoms with van der Waals surface area (Å²) >= 11 is 0. The molecule has 0 aliphatic heterocycles. The molecular formula is C13H21NO2S. The van der Waals surface area contributed by atoms with Gasteiger partial charge in [0, 0.05) is 34.8 Å². The summed E-state index contributed by atoms with van der Waals surface area (Å²) < 4.78 is 17.0. The molecule has 3 unspecified atom stereocenters. The van der Waals surface area contributed by atoms with Crippen LogP contribution in [0.1, 0.15) is 37.7 Å². The highest BCUT2D eigenvalue weighted by molar-refractivity contribution is 7.84.